The van der Waals surface area contributed by atoms with Gasteiger partial charge in [-0.2, -0.15) is 9.97 Å². The smallest absolute Gasteiger partial charge is 0.330 e. The highest BCUT2D eigenvalue weighted by molar-refractivity contribution is 5.71. The number of nitrogens with zero attached hydrogens (tertiary/aromatic N) is 2. The molecule has 0 N–H and O–H groups in total. The minimum absolute atomic E-state index is 0.0631. The van der Waals surface area contributed by atoms with Crippen molar-refractivity contribution in [3.8, 4) is 17.8 Å². The number of rotatable bonds is 5. The molecule has 0 fully saturated rings. The summed E-state index contributed by atoms with van der Waals surface area (Å²) >= 11 is 0. The maximum atomic E-state index is 11.4. The molecule has 0 bridgehead atoms. The van der Waals surface area contributed by atoms with Crippen LogP contribution in [0, 0.1) is 5.92 Å². The van der Waals surface area contributed by atoms with Crippen molar-refractivity contribution in [2.75, 3.05) is 14.2 Å². The van der Waals surface area contributed by atoms with Crippen molar-refractivity contribution in [2.45, 2.75) is 20.3 Å². The molecule has 0 radical (unpaired) electrons. The zero-order valence-electron chi connectivity index (χ0n) is 10.4. The van der Waals surface area contributed by atoms with Crippen LogP contribution in [0.25, 0.3) is 0 Å². The van der Waals surface area contributed by atoms with E-state index in [0.717, 1.165) is 0 Å². The first-order chi connectivity index (χ1) is 8.05. The molecule has 0 aliphatic heterocycles. The second-order valence-corrected chi connectivity index (χ2v) is 3.81. The molecule has 94 valence electrons. The van der Waals surface area contributed by atoms with Gasteiger partial charge in [0.15, 0.2) is 0 Å². The molecule has 0 unspecified atom stereocenters. The third-order valence-corrected chi connectivity index (χ3v) is 1.86. The van der Waals surface area contributed by atoms with Crippen LogP contribution in [0.1, 0.15) is 20.3 Å². The molecule has 1 rings (SSSR count). The lowest BCUT2D eigenvalue weighted by Gasteiger charge is -2.07. The summed E-state index contributed by atoms with van der Waals surface area (Å²) in [6.45, 7) is 3.85. The van der Waals surface area contributed by atoms with Crippen LogP contribution in [0.2, 0.25) is 0 Å². The van der Waals surface area contributed by atoms with Gasteiger partial charge in [0.05, 0.1) is 20.3 Å². The Hall–Kier alpha value is -1.85. The fourth-order valence-electron chi connectivity index (χ4n) is 1.12. The van der Waals surface area contributed by atoms with Crippen molar-refractivity contribution >= 4 is 5.97 Å². The minimum Gasteiger partial charge on any atom is -0.481 e. The van der Waals surface area contributed by atoms with Crippen molar-refractivity contribution < 1.29 is 19.0 Å². The predicted molar refractivity (Wildman–Crippen MR) is 60.2 cm³/mol. The summed E-state index contributed by atoms with van der Waals surface area (Å²) in [7, 11) is 2.92. The fraction of sp³-hybridized carbons (Fsp3) is 0.545. The molecular formula is C11H16N2O4. The molecular weight excluding hydrogens is 224 g/mol. The summed E-state index contributed by atoms with van der Waals surface area (Å²) in [6.07, 6.45) is 0.308. The zero-order chi connectivity index (χ0) is 12.8. The molecule has 0 aliphatic carbocycles. The highest BCUT2D eigenvalue weighted by Crippen LogP contribution is 2.19. The molecule has 6 nitrogen and oxygen atoms in total. The standard InChI is InChI=1S/C11H16N2O4/c1-7(2)5-10(14)17-11-12-8(15-3)6-9(13-11)16-4/h6-7H,5H2,1-4H3. The first kappa shape index (κ1) is 13.2. The number of carbonyl (C=O) groups excluding carboxylic acids is 1. The van der Waals surface area contributed by atoms with Crippen LogP contribution in [0.4, 0.5) is 0 Å². The highest BCUT2D eigenvalue weighted by Gasteiger charge is 2.12. The van der Waals surface area contributed by atoms with Gasteiger partial charge in [-0.05, 0) is 5.92 Å². The van der Waals surface area contributed by atoms with Crippen LogP contribution >= 0.6 is 0 Å². The summed E-state index contributed by atoms with van der Waals surface area (Å²) in [4.78, 5) is 19.2. The van der Waals surface area contributed by atoms with E-state index in [2.05, 4.69) is 9.97 Å². The topological polar surface area (TPSA) is 70.5 Å². The number of esters is 1. The minimum atomic E-state index is -0.379. The molecule has 0 atom stereocenters. The third kappa shape index (κ3) is 4.26. The normalized spacial score (nSPS) is 10.2. The Bertz CT molecular complexity index is 371. The highest BCUT2D eigenvalue weighted by atomic mass is 16.6. The lowest BCUT2D eigenvalue weighted by atomic mass is 10.1. The molecule has 0 aromatic carbocycles. The second-order valence-electron chi connectivity index (χ2n) is 3.81. The van der Waals surface area contributed by atoms with E-state index in [1.54, 1.807) is 0 Å². The molecule has 17 heavy (non-hydrogen) atoms. The van der Waals surface area contributed by atoms with Crippen molar-refractivity contribution in [1.29, 1.82) is 0 Å². The maximum Gasteiger partial charge on any atom is 0.330 e. The molecule has 0 saturated carbocycles. The first-order valence-electron chi connectivity index (χ1n) is 5.23. The lowest BCUT2D eigenvalue weighted by Crippen LogP contribution is -2.13. The summed E-state index contributed by atoms with van der Waals surface area (Å²) in [5.41, 5.74) is 0. The van der Waals surface area contributed by atoms with E-state index in [1.807, 2.05) is 13.8 Å². The molecule has 1 aromatic rings. The number of methoxy groups -OCH3 is 2. The van der Waals surface area contributed by atoms with Crippen molar-refractivity contribution in [2.24, 2.45) is 5.92 Å². The quantitative estimate of drug-likeness (QED) is 0.725. The van der Waals surface area contributed by atoms with Gasteiger partial charge in [-0.15, -0.1) is 0 Å². The van der Waals surface area contributed by atoms with E-state index in [9.17, 15) is 4.79 Å². The zero-order valence-corrected chi connectivity index (χ0v) is 10.4. The summed E-state index contributed by atoms with van der Waals surface area (Å²) in [6, 6.07) is 1.44. The number of hydrogen-bond acceptors (Lipinski definition) is 6. The van der Waals surface area contributed by atoms with Gasteiger partial charge in [-0.25, -0.2) is 0 Å². The largest absolute Gasteiger partial charge is 0.481 e. The number of carbonyl (C=O) groups is 1. The summed E-state index contributed by atoms with van der Waals surface area (Å²) in [5.74, 6) is 0.402. The van der Waals surface area contributed by atoms with Crippen molar-refractivity contribution in [1.82, 2.24) is 9.97 Å². The predicted octanol–water partition coefficient (Wildman–Crippen LogP) is 1.45. The average molecular weight is 240 g/mol. The molecule has 0 aliphatic rings. The first-order valence-corrected chi connectivity index (χ1v) is 5.23. The van der Waals surface area contributed by atoms with Crippen molar-refractivity contribution in [3.63, 3.8) is 0 Å². The third-order valence-electron chi connectivity index (χ3n) is 1.86. The van der Waals surface area contributed by atoms with Gasteiger partial charge < -0.3 is 14.2 Å². The van der Waals surface area contributed by atoms with Crippen LogP contribution in [0.5, 0.6) is 17.8 Å². The SMILES string of the molecule is COc1cc(OC)nc(OC(=O)CC(C)C)n1. The Morgan fingerprint density at radius 1 is 1.24 bits per heavy atom. The molecule has 1 heterocycles. The van der Waals surface area contributed by atoms with Crippen LogP contribution in [0.3, 0.4) is 0 Å². The van der Waals surface area contributed by atoms with Gasteiger partial charge in [0.1, 0.15) is 0 Å². The fourth-order valence-corrected chi connectivity index (χ4v) is 1.12. The molecule has 0 saturated heterocycles. The van der Waals surface area contributed by atoms with Gasteiger partial charge in [0.2, 0.25) is 11.8 Å². The van der Waals surface area contributed by atoms with Gasteiger partial charge >= 0.3 is 12.0 Å². The Balaban J connectivity index is 2.79. The van der Waals surface area contributed by atoms with Gasteiger partial charge in [-0.1, -0.05) is 13.8 Å². The van der Waals surface area contributed by atoms with E-state index >= 15 is 0 Å². The summed E-state index contributed by atoms with van der Waals surface area (Å²) in [5, 5.41) is 0. The molecule has 0 spiro atoms. The Kier molecular flexibility index (Phi) is 4.68. The maximum absolute atomic E-state index is 11.4. The molecule has 6 heteroatoms. The van der Waals surface area contributed by atoms with Crippen LogP contribution < -0.4 is 14.2 Å². The number of hydrogen-bond donors (Lipinski definition) is 0. The Labute approximate surface area is 99.9 Å². The van der Waals surface area contributed by atoms with Crippen LogP contribution in [-0.4, -0.2) is 30.2 Å². The van der Waals surface area contributed by atoms with Crippen LogP contribution in [-0.2, 0) is 4.79 Å². The number of ether oxygens (including phenoxy) is 3. The van der Waals surface area contributed by atoms with Crippen LogP contribution in [0.15, 0.2) is 6.07 Å². The van der Waals surface area contributed by atoms with Crippen molar-refractivity contribution in [3.05, 3.63) is 6.07 Å². The summed E-state index contributed by atoms with van der Waals surface area (Å²) < 4.78 is 14.9. The van der Waals surface area contributed by atoms with Gasteiger partial charge in [0, 0.05) is 6.42 Å². The van der Waals surface area contributed by atoms with E-state index in [1.165, 1.54) is 20.3 Å². The molecule has 0 amide bonds. The average Bonchev–Trinajstić information content (AvgIpc) is 2.27. The lowest BCUT2D eigenvalue weighted by molar-refractivity contribution is -0.135. The Morgan fingerprint density at radius 3 is 2.18 bits per heavy atom. The van der Waals surface area contributed by atoms with Gasteiger partial charge in [-0.3, -0.25) is 4.79 Å². The van der Waals surface area contributed by atoms with E-state index in [4.69, 9.17) is 14.2 Å². The second kappa shape index (κ2) is 6.03. The monoisotopic (exact) mass is 240 g/mol. The van der Waals surface area contributed by atoms with Gasteiger partial charge in [0.25, 0.3) is 0 Å². The number of aromatic nitrogens is 2. The molecule has 1 aromatic heterocycles. The Morgan fingerprint density at radius 2 is 1.76 bits per heavy atom. The van der Waals surface area contributed by atoms with E-state index < -0.39 is 0 Å². The van der Waals surface area contributed by atoms with E-state index in [-0.39, 0.29) is 29.7 Å². The van der Waals surface area contributed by atoms with E-state index in [0.29, 0.717) is 6.42 Å².